The summed E-state index contributed by atoms with van der Waals surface area (Å²) in [6.07, 6.45) is 3.54. The van der Waals surface area contributed by atoms with Gasteiger partial charge in [-0.2, -0.15) is 0 Å². The molecule has 2 heterocycles. The number of para-hydroxylation sites is 2. The third-order valence-electron chi connectivity index (χ3n) is 3.09. The molecular formula is C15H15N5S. The van der Waals surface area contributed by atoms with Gasteiger partial charge in [0.25, 0.3) is 0 Å². The van der Waals surface area contributed by atoms with Crippen LogP contribution >= 0.6 is 11.8 Å². The van der Waals surface area contributed by atoms with Crippen LogP contribution in [0.2, 0.25) is 0 Å². The number of rotatable bonds is 5. The number of hydrogen-bond acceptors (Lipinski definition) is 5. The maximum Gasteiger partial charge on any atom is 0.191 e. The molecule has 2 aromatic heterocycles. The highest BCUT2D eigenvalue weighted by Crippen LogP contribution is 2.22. The van der Waals surface area contributed by atoms with Crippen LogP contribution in [0.4, 0.5) is 0 Å². The molecule has 0 aliphatic rings. The Kier molecular flexibility index (Phi) is 3.96. The van der Waals surface area contributed by atoms with Gasteiger partial charge < -0.3 is 4.57 Å². The lowest BCUT2D eigenvalue weighted by atomic mass is 10.2. The van der Waals surface area contributed by atoms with Crippen molar-refractivity contribution in [1.82, 2.24) is 24.7 Å². The maximum absolute atomic E-state index is 4.69. The predicted molar refractivity (Wildman–Crippen MR) is 84.1 cm³/mol. The van der Waals surface area contributed by atoms with E-state index in [0.717, 1.165) is 33.3 Å². The maximum atomic E-state index is 4.69. The highest BCUT2D eigenvalue weighted by molar-refractivity contribution is 7.98. The molecule has 106 valence electrons. The summed E-state index contributed by atoms with van der Waals surface area (Å²) in [7, 11) is 0. The van der Waals surface area contributed by atoms with Crippen LogP contribution in [-0.4, -0.2) is 24.7 Å². The summed E-state index contributed by atoms with van der Waals surface area (Å²) in [5, 5.41) is 8.92. The van der Waals surface area contributed by atoms with Crippen LogP contribution < -0.4 is 0 Å². The van der Waals surface area contributed by atoms with Gasteiger partial charge in [0, 0.05) is 12.3 Å². The van der Waals surface area contributed by atoms with E-state index in [2.05, 4.69) is 26.7 Å². The van der Waals surface area contributed by atoms with E-state index in [1.54, 1.807) is 18.1 Å². The molecule has 6 heteroatoms. The van der Waals surface area contributed by atoms with Gasteiger partial charge in [-0.05, 0) is 19.1 Å². The molecule has 0 amide bonds. The monoisotopic (exact) mass is 297 g/mol. The second-order valence-electron chi connectivity index (χ2n) is 4.59. The van der Waals surface area contributed by atoms with Crippen LogP contribution in [0.15, 0.2) is 48.4 Å². The summed E-state index contributed by atoms with van der Waals surface area (Å²) in [4.78, 5) is 9.29. The van der Waals surface area contributed by atoms with Crippen LogP contribution in [0.1, 0.15) is 11.4 Å². The lowest BCUT2D eigenvalue weighted by molar-refractivity contribution is 0.724. The average molecular weight is 297 g/mol. The third kappa shape index (κ3) is 2.95. The Morgan fingerprint density at radius 1 is 1.24 bits per heavy atom. The molecule has 1 aromatic carbocycles. The summed E-state index contributed by atoms with van der Waals surface area (Å²) in [6, 6.07) is 7.91. The zero-order chi connectivity index (χ0) is 14.7. The number of fused-ring (bicyclic) bond motifs is 1. The molecule has 0 N–H and O–H groups in total. The van der Waals surface area contributed by atoms with Gasteiger partial charge in [-0.1, -0.05) is 30.0 Å². The number of benzene rings is 1. The minimum absolute atomic E-state index is 0.706. The first-order valence-corrected chi connectivity index (χ1v) is 7.60. The topological polar surface area (TPSA) is 56.5 Å². The van der Waals surface area contributed by atoms with Crippen molar-refractivity contribution in [3.05, 3.63) is 54.6 Å². The van der Waals surface area contributed by atoms with E-state index in [1.165, 1.54) is 0 Å². The number of thioether (sulfide) groups is 1. The average Bonchev–Trinajstić information content (AvgIpc) is 2.93. The number of allylic oxidation sites excluding steroid dienone is 1. The molecule has 0 saturated carbocycles. The smallest absolute Gasteiger partial charge is 0.191 e. The van der Waals surface area contributed by atoms with Crippen molar-refractivity contribution in [1.29, 1.82) is 0 Å². The van der Waals surface area contributed by atoms with Gasteiger partial charge in [0.1, 0.15) is 6.33 Å². The summed E-state index contributed by atoms with van der Waals surface area (Å²) >= 11 is 1.61. The van der Waals surface area contributed by atoms with E-state index < -0.39 is 0 Å². The predicted octanol–water partition coefficient (Wildman–Crippen LogP) is 3.01. The van der Waals surface area contributed by atoms with Crippen molar-refractivity contribution >= 4 is 22.8 Å². The second kappa shape index (κ2) is 6.05. The Labute approximate surface area is 127 Å². The Morgan fingerprint density at radius 3 is 2.76 bits per heavy atom. The Balaban J connectivity index is 1.83. The fourth-order valence-corrected chi connectivity index (χ4v) is 2.95. The lowest BCUT2D eigenvalue weighted by Gasteiger charge is -2.06. The molecular weight excluding hydrogens is 282 g/mol. The molecule has 0 aliphatic heterocycles. The normalized spacial score (nSPS) is 10.9. The fourth-order valence-electron chi connectivity index (χ4n) is 2.01. The summed E-state index contributed by atoms with van der Waals surface area (Å²) in [6.45, 7) is 6.43. The van der Waals surface area contributed by atoms with E-state index in [-0.39, 0.29) is 0 Å². The quantitative estimate of drug-likeness (QED) is 0.535. The first kappa shape index (κ1) is 13.8. The zero-order valence-corrected chi connectivity index (χ0v) is 12.5. The second-order valence-corrected chi connectivity index (χ2v) is 5.53. The van der Waals surface area contributed by atoms with E-state index in [9.17, 15) is 0 Å². The minimum Gasteiger partial charge on any atom is -0.305 e. The Hall–Kier alpha value is -2.21. The summed E-state index contributed by atoms with van der Waals surface area (Å²) in [5.41, 5.74) is 3.78. The largest absolute Gasteiger partial charge is 0.305 e. The number of nitrogens with zero attached hydrogens (tertiary/aromatic N) is 5. The van der Waals surface area contributed by atoms with Gasteiger partial charge in [0.15, 0.2) is 5.16 Å². The molecule has 0 aliphatic carbocycles. The molecule has 0 saturated heterocycles. The first-order valence-electron chi connectivity index (χ1n) is 6.61. The van der Waals surface area contributed by atoms with Crippen molar-refractivity contribution in [3.8, 4) is 0 Å². The minimum atomic E-state index is 0.706. The van der Waals surface area contributed by atoms with Crippen LogP contribution in [0, 0.1) is 6.92 Å². The van der Waals surface area contributed by atoms with Gasteiger partial charge in [-0.25, -0.2) is 9.97 Å². The molecule has 0 unspecified atom stereocenters. The lowest BCUT2D eigenvalue weighted by Crippen LogP contribution is -1.99. The van der Waals surface area contributed by atoms with Crippen molar-refractivity contribution in [3.63, 3.8) is 0 Å². The molecule has 0 fully saturated rings. The SMILES string of the molecule is C=CCn1cnnc1SCc1nc2ccccc2nc1C. The van der Waals surface area contributed by atoms with Gasteiger partial charge >= 0.3 is 0 Å². The van der Waals surface area contributed by atoms with Crippen molar-refractivity contribution in [2.24, 2.45) is 0 Å². The molecule has 0 atom stereocenters. The molecule has 5 nitrogen and oxygen atoms in total. The van der Waals surface area contributed by atoms with Gasteiger partial charge in [0.05, 0.1) is 22.4 Å². The highest BCUT2D eigenvalue weighted by Gasteiger charge is 2.09. The van der Waals surface area contributed by atoms with Crippen LogP contribution in [0.3, 0.4) is 0 Å². The third-order valence-corrected chi connectivity index (χ3v) is 4.08. The molecule has 0 spiro atoms. The standard InChI is InChI=1S/C15H15N5S/c1-3-8-20-10-16-19-15(20)21-9-14-11(2)17-12-6-4-5-7-13(12)18-14/h3-7,10H,1,8-9H2,2H3. The Morgan fingerprint density at radius 2 is 2.00 bits per heavy atom. The molecule has 0 bridgehead atoms. The van der Waals surface area contributed by atoms with Crippen LogP contribution in [-0.2, 0) is 12.3 Å². The van der Waals surface area contributed by atoms with Gasteiger partial charge in [-0.3, -0.25) is 0 Å². The molecule has 3 rings (SSSR count). The number of aryl methyl sites for hydroxylation is 1. The molecule has 0 radical (unpaired) electrons. The molecule has 3 aromatic rings. The van der Waals surface area contributed by atoms with Gasteiger partial charge in [-0.15, -0.1) is 16.8 Å². The fraction of sp³-hybridized carbons (Fsp3) is 0.200. The van der Waals surface area contributed by atoms with E-state index in [0.29, 0.717) is 6.54 Å². The van der Waals surface area contributed by atoms with Gasteiger partial charge in [0.2, 0.25) is 0 Å². The van der Waals surface area contributed by atoms with Crippen molar-refractivity contribution in [2.45, 2.75) is 24.4 Å². The summed E-state index contributed by atoms with van der Waals surface area (Å²) < 4.78 is 1.96. The van der Waals surface area contributed by atoms with Crippen LogP contribution in [0.5, 0.6) is 0 Å². The zero-order valence-electron chi connectivity index (χ0n) is 11.7. The Bertz CT molecular complexity index is 781. The van der Waals surface area contributed by atoms with Crippen molar-refractivity contribution in [2.75, 3.05) is 0 Å². The number of hydrogen-bond donors (Lipinski definition) is 0. The first-order chi connectivity index (χ1) is 10.3. The van der Waals surface area contributed by atoms with E-state index in [1.807, 2.05) is 41.8 Å². The molecule has 21 heavy (non-hydrogen) atoms. The highest BCUT2D eigenvalue weighted by atomic mass is 32.2. The van der Waals surface area contributed by atoms with Crippen molar-refractivity contribution < 1.29 is 0 Å². The van der Waals surface area contributed by atoms with Crippen LogP contribution in [0.25, 0.3) is 11.0 Å². The summed E-state index contributed by atoms with van der Waals surface area (Å²) in [5.74, 6) is 0.722. The van der Waals surface area contributed by atoms with E-state index >= 15 is 0 Å². The number of aromatic nitrogens is 5. The van der Waals surface area contributed by atoms with E-state index in [4.69, 9.17) is 0 Å².